The van der Waals surface area contributed by atoms with E-state index in [1.807, 2.05) is 38.4 Å². The first-order chi connectivity index (χ1) is 9.15. The fourth-order valence-electron chi connectivity index (χ4n) is 1.80. The van der Waals surface area contributed by atoms with Gasteiger partial charge in [0.2, 0.25) is 0 Å². The molecule has 5 heteroatoms. The van der Waals surface area contributed by atoms with Crippen LogP contribution in [0.5, 0.6) is 5.75 Å². The number of benzene rings is 1. The zero-order chi connectivity index (χ0) is 13.8. The van der Waals surface area contributed by atoms with E-state index in [1.54, 1.807) is 18.4 Å². The average molecular weight is 277 g/mol. The molecular weight excluding hydrogens is 258 g/mol. The summed E-state index contributed by atoms with van der Waals surface area (Å²) < 4.78 is 5.17. The van der Waals surface area contributed by atoms with Crippen LogP contribution in [0.3, 0.4) is 0 Å². The fraction of sp³-hybridized carbons (Fsp3) is 0.357. The van der Waals surface area contributed by atoms with Crippen molar-refractivity contribution in [2.24, 2.45) is 0 Å². The summed E-state index contributed by atoms with van der Waals surface area (Å²) in [7, 11) is 5.65. The van der Waals surface area contributed by atoms with E-state index in [2.05, 4.69) is 22.1 Å². The second kappa shape index (κ2) is 6.04. The second-order valence-electron chi connectivity index (χ2n) is 4.29. The zero-order valence-corrected chi connectivity index (χ0v) is 12.5. The third kappa shape index (κ3) is 3.05. The van der Waals surface area contributed by atoms with E-state index >= 15 is 0 Å². The van der Waals surface area contributed by atoms with Crippen LogP contribution in [0.4, 0.5) is 10.8 Å². The number of hydrogen-bond donors (Lipinski definition) is 1. The molecule has 0 bridgehead atoms. The maximum Gasteiger partial charge on any atom is 0.190 e. The van der Waals surface area contributed by atoms with Gasteiger partial charge in [-0.25, -0.2) is 4.98 Å². The van der Waals surface area contributed by atoms with Crippen molar-refractivity contribution in [3.05, 3.63) is 34.8 Å². The number of ether oxygens (including phenoxy) is 1. The summed E-state index contributed by atoms with van der Waals surface area (Å²) in [6.45, 7) is 2.91. The van der Waals surface area contributed by atoms with Crippen LogP contribution in [0, 0.1) is 6.92 Å². The minimum absolute atomic E-state index is 0.861. The number of rotatable bonds is 5. The van der Waals surface area contributed by atoms with Crippen LogP contribution in [0.15, 0.2) is 24.3 Å². The van der Waals surface area contributed by atoms with Crippen LogP contribution in [0.1, 0.15) is 10.6 Å². The molecule has 0 unspecified atom stereocenters. The first-order valence-electron chi connectivity index (χ1n) is 6.14. The smallest absolute Gasteiger partial charge is 0.190 e. The molecule has 1 N–H and O–H groups in total. The van der Waals surface area contributed by atoms with Gasteiger partial charge in [0, 0.05) is 24.2 Å². The Labute approximate surface area is 118 Å². The highest BCUT2D eigenvalue weighted by molar-refractivity contribution is 7.15. The monoisotopic (exact) mass is 277 g/mol. The van der Waals surface area contributed by atoms with Crippen molar-refractivity contribution in [1.29, 1.82) is 0 Å². The maximum atomic E-state index is 5.17. The van der Waals surface area contributed by atoms with Crippen LogP contribution in [0.25, 0.3) is 0 Å². The second-order valence-corrected chi connectivity index (χ2v) is 5.35. The topological polar surface area (TPSA) is 37.4 Å². The van der Waals surface area contributed by atoms with E-state index in [-0.39, 0.29) is 0 Å². The summed E-state index contributed by atoms with van der Waals surface area (Å²) in [5.74, 6) is 0.864. The van der Waals surface area contributed by atoms with Crippen LogP contribution < -0.4 is 15.0 Å². The van der Waals surface area contributed by atoms with Gasteiger partial charge in [0.25, 0.3) is 0 Å². The Morgan fingerprint density at radius 2 is 2.00 bits per heavy atom. The van der Waals surface area contributed by atoms with Crippen molar-refractivity contribution in [3.63, 3.8) is 0 Å². The van der Waals surface area contributed by atoms with Gasteiger partial charge < -0.3 is 15.0 Å². The fourth-order valence-corrected chi connectivity index (χ4v) is 2.85. The highest BCUT2D eigenvalue weighted by Crippen LogP contribution is 2.31. The molecule has 0 aliphatic heterocycles. The lowest BCUT2D eigenvalue weighted by Gasteiger charge is -2.16. The SMILES string of the molecule is CNCc1sc(N(C)c2ccc(OC)cc2)nc1C. The molecule has 1 aromatic heterocycles. The van der Waals surface area contributed by atoms with Crippen LogP contribution >= 0.6 is 11.3 Å². The van der Waals surface area contributed by atoms with E-state index in [1.165, 1.54) is 4.88 Å². The predicted molar refractivity (Wildman–Crippen MR) is 80.7 cm³/mol. The molecule has 0 aliphatic rings. The number of aromatic nitrogens is 1. The summed E-state index contributed by atoms with van der Waals surface area (Å²) in [4.78, 5) is 7.99. The van der Waals surface area contributed by atoms with Crippen molar-refractivity contribution < 1.29 is 4.74 Å². The summed E-state index contributed by atoms with van der Waals surface area (Å²) in [6.07, 6.45) is 0. The number of nitrogens with zero attached hydrogens (tertiary/aromatic N) is 2. The molecule has 0 spiro atoms. The van der Waals surface area contributed by atoms with Crippen molar-refractivity contribution in [2.45, 2.75) is 13.5 Å². The Bertz CT molecular complexity index is 536. The van der Waals surface area contributed by atoms with E-state index in [0.717, 1.165) is 28.8 Å². The van der Waals surface area contributed by atoms with Crippen molar-refractivity contribution in [1.82, 2.24) is 10.3 Å². The minimum Gasteiger partial charge on any atom is -0.497 e. The summed E-state index contributed by atoms with van der Waals surface area (Å²) in [6, 6.07) is 7.99. The Morgan fingerprint density at radius 1 is 1.32 bits per heavy atom. The van der Waals surface area contributed by atoms with Gasteiger partial charge in [0.05, 0.1) is 12.8 Å². The van der Waals surface area contributed by atoms with Gasteiger partial charge in [-0.05, 0) is 38.2 Å². The van der Waals surface area contributed by atoms with E-state index in [4.69, 9.17) is 4.74 Å². The third-order valence-corrected chi connectivity index (χ3v) is 4.20. The molecular formula is C14H19N3OS. The Kier molecular flexibility index (Phi) is 4.39. The molecule has 1 aromatic carbocycles. The Morgan fingerprint density at radius 3 is 2.58 bits per heavy atom. The standard InChI is InChI=1S/C14H19N3OS/c1-10-13(9-15-2)19-14(16-10)17(3)11-5-7-12(18-4)8-6-11/h5-8,15H,9H2,1-4H3. The minimum atomic E-state index is 0.861. The third-order valence-electron chi connectivity index (χ3n) is 2.97. The van der Waals surface area contributed by atoms with Crippen LogP contribution in [-0.4, -0.2) is 26.2 Å². The molecule has 102 valence electrons. The molecule has 0 atom stereocenters. The largest absolute Gasteiger partial charge is 0.497 e. The van der Waals surface area contributed by atoms with E-state index in [0.29, 0.717) is 0 Å². The molecule has 2 rings (SSSR count). The molecule has 2 aromatic rings. The molecule has 0 saturated carbocycles. The van der Waals surface area contributed by atoms with Crippen LogP contribution in [-0.2, 0) is 6.54 Å². The number of hydrogen-bond acceptors (Lipinski definition) is 5. The Hall–Kier alpha value is -1.59. The number of anilines is 2. The molecule has 19 heavy (non-hydrogen) atoms. The average Bonchev–Trinajstić information content (AvgIpc) is 2.80. The van der Waals surface area contributed by atoms with Gasteiger partial charge in [-0.3, -0.25) is 0 Å². The summed E-state index contributed by atoms with van der Waals surface area (Å²) in [5, 5.41) is 4.17. The van der Waals surface area contributed by atoms with Gasteiger partial charge >= 0.3 is 0 Å². The quantitative estimate of drug-likeness (QED) is 0.912. The lowest BCUT2D eigenvalue weighted by Crippen LogP contribution is -2.08. The molecule has 4 nitrogen and oxygen atoms in total. The highest BCUT2D eigenvalue weighted by Gasteiger charge is 2.12. The number of nitrogens with one attached hydrogen (secondary N) is 1. The van der Waals surface area contributed by atoms with Gasteiger partial charge in [0.15, 0.2) is 5.13 Å². The molecule has 0 fully saturated rings. The molecule has 1 heterocycles. The van der Waals surface area contributed by atoms with Crippen LogP contribution in [0.2, 0.25) is 0 Å². The summed E-state index contributed by atoms with van der Waals surface area (Å²) in [5.41, 5.74) is 2.19. The predicted octanol–water partition coefficient (Wildman–Crippen LogP) is 2.95. The maximum absolute atomic E-state index is 5.17. The van der Waals surface area contributed by atoms with E-state index in [9.17, 15) is 0 Å². The number of methoxy groups -OCH3 is 1. The first kappa shape index (κ1) is 13.8. The summed E-state index contributed by atoms with van der Waals surface area (Å²) >= 11 is 1.72. The van der Waals surface area contributed by atoms with Crippen molar-refractivity contribution in [3.8, 4) is 5.75 Å². The molecule has 0 amide bonds. The van der Waals surface area contributed by atoms with E-state index < -0.39 is 0 Å². The van der Waals surface area contributed by atoms with Gasteiger partial charge in [-0.15, -0.1) is 0 Å². The first-order valence-corrected chi connectivity index (χ1v) is 6.96. The van der Waals surface area contributed by atoms with Gasteiger partial charge in [0.1, 0.15) is 5.75 Å². The number of aryl methyl sites for hydroxylation is 1. The molecule has 0 radical (unpaired) electrons. The zero-order valence-electron chi connectivity index (χ0n) is 11.7. The molecule has 0 saturated heterocycles. The Balaban J connectivity index is 2.22. The number of thiazole rings is 1. The lowest BCUT2D eigenvalue weighted by molar-refractivity contribution is 0.415. The lowest BCUT2D eigenvalue weighted by atomic mass is 10.3. The highest BCUT2D eigenvalue weighted by atomic mass is 32.1. The molecule has 0 aliphatic carbocycles. The van der Waals surface area contributed by atoms with Gasteiger partial charge in [-0.1, -0.05) is 11.3 Å². The van der Waals surface area contributed by atoms with Gasteiger partial charge in [-0.2, -0.15) is 0 Å². The van der Waals surface area contributed by atoms with Crippen molar-refractivity contribution >= 4 is 22.2 Å². The van der Waals surface area contributed by atoms with Crippen molar-refractivity contribution in [2.75, 3.05) is 26.1 Å². The normalized spacial score (nSPS) is 10.5.